The van der Waals surface area contributed by atoms with Crippen molar-refractivity contribution in [3.05, 3.63) is 65.4 Å². The fourth-order valence-corrected chi connectivity index (χ4v) is 3.43. The van der Waals surface area contributed by atoms with Crippen molar-refractivity contribution in [2.75, 3.05) is 12.0 Å². The minimum Gasteiger partial charge on any atom is -0.503 e. The summed E-state index contributed by atoms with van der Waals surface area (Å²) >= 11 is 0. The van der Waals surface area contributed by atoms with Crippen LogP contribution in [0.2, 0.25) is 0 Å². The Morgan fingerprint density at radius 3 is 2.41 bits per heavy atom. The molecule has 1 aliphatic rings. The molecule has 0 spiro atoms. The molecule has 0 aliphatic carbocycles. The van der Waals surface area contributed by atoms with Gasteiger partial charge in [-0.25, -0.2) is 0 Å². The zero-order valence-electron chi connectivity index (χ0n) is 17.0. The van der Waals surface area contributed by atoms with E-state index in [-0.39, 0.29) is 23.9 Å². The third-order valence-corrected chi connectivity index (χ3v) is 4.73. The highest BCUT2D eigenvalue weighted by Gasteiger charge is 2.43. The molecule has 1 unspecified atom stereocenters. The predicted octanol–water partition coefficient (Wildman–Crippen LogP) is 4.36. The van der Waals surface area contributed by atoms with E-state index in [9.17, 15) is 14.7 Å². The second-order valence-corrected chi connectivity index (χ2v) is 7.05. The lowest BCUT2D eigenvalue weighted by Gasteiger charge is -2.27. The monoisotopic (exact) mass is 395 g/mol. The number of Topliss-reactive ketones (excluding diaryl/α,β-unsaturated/α-hetero) is 1. The molecule has 6 heteroatoms. The van der Waals surface area contributed by atoms with E-state index in [1.165, 1.54) is 4.90 Å². The maximum Gasteiger partial charge on any atom is 0.294 e. The molecule has 152 valence electrons. The third-order valence-electron chi connectivity index (χ3n) is 4.73. The van der Waals surface area contributed by atoms with E-state index in [2.05, 4.69) is 0 Å². The number of hydrogen-bond acceptors (Lipinski definition) is 5. The van der Waals surface area contributed by atoms with Crippen molar-refractivity contribution in [1.82, 2.24) is 0 Å². The Balaban J connectivity index is 2.09. The Hall–Kier alpha value is -3.28. The number of rotatable bonds is 7. The van der Waals surface area contributed by atoms with Gasteiger partial charge in [0.05, 0.1) is 24.8 Å². The second-order valence-electron chi connectivity index (χ2n) is 7.05. The van der Waals surface area contributed by atoms with Gasteiger partial charge in [0.15, 0.2) is 11.5 Å². The fourth-order valence-electron chi connectivity index (χ4n) is 3.43. The molecule has 0 radical (unpaired) electrons. The lowest BCUT2D eigenvalue weighted by atomic mass is 9.94. The number of amides is 1. The van der Waals surface area contributed by atoms with Gasteiger partial charge in [-0.1, -0.05) is 19.1 Å². The van der Waals surface area contributed by atoms with Gasteiger partial charge in [0.2, 0.25) is 0 Å². The van der Waals surface area contributed by atoms with Gasteiger partial charge in [-0.05, 0) is 55.8 Å². The molecule has 0 saturated carbocycles. The van der Waals surface area contributed by atoms with Crippen LogP contribution in [0.4, 0.5) is 5.69 Å². The van der Waals surface area contributed by atoms with Gasteiger partial charge >= 0.3 is 0 Å². The van der Waals surface area contributed by atoms with Crippen LogP contribution in [-0.4, -0.2) is 30.0 Å². The second kappa shape index (κ2) is 8.39. The molecule has 2 aromatic rings. The summed E-state index contributed by atoms with van der Waals surface area (Å²) < 4.78 is 11.0. The van der Waals surface area contributed by atoms with Gasteiger partial charge in [0.1, 0.15) is 11.5 Å². The van der Waals surface area contributed by atoms with E-state index >= 15 is 0 Å². The first-order valence-corrected chi connectivity index (χ1v) is 9.57. The highest BCUT2D eigenvalue weighted by atomic mass is 16.5. The van der Waals surface area contributed by atoms with E-state index in [1.54, 1.807) is 56.5 Å². The van der Waals surface area contributed by atoms with Gasteiger partial charge < -0.3 is 14.6 Å². The van der Waals surface area contributed by atoms with Crippen molar-refractivity contribution in [3.8, 4) is 11.5 Å². The number of nitrogens with zero attached hydrogens (tertiary/aromatic N) is 1. The first-order chi connectivity index (χ1) is 13.9. The van der Waals surface area contributed by atoms with Crippen LogP contribution in [0, 0.1) is 0 Å². The molecule has 1 heterocycles. The maximum absolute atomic E-state index is 12.9. The Bertz CT molecular complexity index is 946. The summed E-state index contributed by atoms with van der Waals surface area (Å²) in [6.45, 7) is 5.57. The summed E-state index contributed by atoms with van der Waals surface area (Å²) in [6.07, 6.45) is 0.209. The molecule has 0 bridgehead atoms. The molecule has 1 atom stereocenters. The topological polar surface area (TPSA) is 76.1 Å². The molecule has 1 aliphatic heterocycles. The van der Waals surface area contributed by atoms with Crippen LogP contribution in [0.5, 0.6) is 11.5 Å². The summed E-state index contributed by atoms with van der Waals surface area (Å²) in [5.41, 5.74) is 1.35. The van der Waals surface area contributed by atoms with Crippen molar-refractivity contribution < 1.29 is 24.2 Å². The third kappa shape index (κ3) is 3.97. The molecule has 1 N–H and O–H groups in total. The summed E-state index contributed by atoms with van der Waals surface area (Å²) in [7, 11) is 1.55. The number of carbonyl (C=O) groups excluding carboxylic acids is 2. The number of anilines is 1. The van der Waals surface area contributed by atoms with Gasteiger partial charge in [-0.15, -0.1) is 0 Å². The van der Waals surface area contributed by atoms with Crippen molar-refractivity contribution in [2.24, 2.45) is 0 Å². The van der Waals surface area contributed by atoms with Crippen LogP contribution in [0.1, 0.15) is 38.8 Å². The molecule has 6 nitrogen and oxygen atoms in total. The molecular weight excluding hydrogens is 370 g/mol. The number of ketones is 1. The zero-order chi connectivity index (χ0) is 21.1. The molecule has 1 amide bonds. The zero-order valence-corrected chi connectivity index (χ0v) is 17.0. The molecule has 0 aromatic heterocycles. The number of benzene rings is 2. The van der Waals surface area contributed by atoms with Crippen LogP contribution >= 0.6 is 0 Å². The van der Waals surface area contributed by atoms with Gasteiger partial charge in [0.25, 0.3) is 5.91 Å². The van der Waals surface area contributed by atoms with Gasteiger partial charge in [-0.3, -0.25) is 14.5 Å². The maximum atomic E-state index is 12.9. The molecule has 29 heavy (non-hydrogen) atoms. The van der Waals surface area contributed by atoms with Crippen LogP contribution < -0.4 is 14.4 Å². The Morgan fingerprint density at radius 1 is 1.14 bits per heavy atom. The van der Waals surface area contributed by atoms with Crippen molar-refractivity contribution in [2.45, 2.75) is 39.3 Å². The smallest absolute Gasteiger partial charge is 0.294 e. The fraction of sp³-hybridized carbons (Fsp3) is 0.304. The average Bonchev–Trinajstić information content (AvgIpc) is 2.98. The Kier molecular flexibility index (Phi) is 5.92. The standard InChI is InChI=1S/C23H25NO5/c1-5-19(25)20-21(15-7-6-8-18(13-15)28-4)24(23(27)22(20)26)16-9-11-17(12-10-16)29-14(2)3/h6-14,21,26H,5H2,1-4H3. The van der Waals surface area contributed by atoms with Gasteiger partial charge in [0, 0.05) is 12.1 Å². The van der Waals surface area contributed by atoms with Crippen LogP contribution in [0.15, 0.2) is 59.9 Å². The molecule has 0 saturated heterocycles. The average molecular weight is 395 g/mol. The number of methoxy groups -OCH3 is 1. The van der Waals surface area contributed by atoms with Crippen LogP contribution in [-0.2, 0) is 9.59 Å². The number of hydrogen-bond donors (Lipinski definition) is 1. The van der Waals surface area contributed by atoms with E-state index < -0.39 is 17.7 Å². The number of ether oxygens (including phenoxy) is 2. The van der Waals surface area contributed by atoms with Gasteiger partial charge in [-0.2, -0.15) is 0 Å². The summed E-state index contributed by atoms with van der Waals surface area (Å²) in [4.78, 5) is 27.0. The van der Waals surface area contributed by atoms with E-state index in [0.29, 0.717) is 22.7 Å². The van der Waals surface area contributed by atoms with Crippen LogP contribution in [0.25, 0.3) is 0 Å². The number of carbonyl (C=O) groups is 2. The first kappa shape index (κ1) is 20.5. The summed E-state index contributed by atoms with van der Waals surface area (Å²) in [5, 5.41) is 10.5. The predicted molar refractivity (Wildman–Crippen MR) is 110 cm³/mol. The highest BCUT2D eigenvalue weighted by Crippen LogP contribution is 2.42. The van der Waals surface area contributed by atoms with Crippen molar-refractivity contribution in [3.63, 3.8) is 0 Å². The Labute approximate surface area is 170 Å². The first-order valence-electron chi connectivity index (χ1n) is 9.57. The molecule has 3 rings (SSSR count). The largest absolute Gasteiger partial charge is 0.503 e. The lowest BCUT2D eigenvalue weighted by molar-refractivity contribution is -0.118. The summed E-state index contributed by atoms with van der Waals surface area (Å²) in [5.74, 6) is -0.106. The lowest BCUT2D eigenvalue weighted by Crippen LogP contribution is -2.31. The molecule has 0 fully saturated rings. The van der Waals surface area contributed by atoms with E-state index in [0.717, 1.165) is 0 Å². The minimum absolute atomic E-state index is 0.0262. The number of aliphatic hydroxyl groups is 1. The molecular formula is C23H25NO5. The summed E-state index contributed by atoms with van der Waals surface area (Å²) in [6, 6.07) is 13.4. The van der Waals surface area contributed by atoms with E-state index in [4.69, 9.17) is 9.47 Å². The highest BCUT2D eigenvalue weighted by molar-refractivity contribution is 6.16. The number of aliphatic hydroxyl groups excluding tert-OH is 1. The molecule has 2 aromatic carbocycles. The quantitative estimate of drug-likeness (QED) is 0.754. The van der Waals surface area contributed by atoms with E-state index in [1.807, 2.05) is 19.9 Å². The van der Waals surface area contributed by atoms with Crippen molar-refractivity contribution >= 4 is 17.4 Å². The normalized spacial score (nSPS) is 16.5. The Morgan fingerprint density at radius 2 is 1.83 bits per heavy atom. The van der Waals surface area contributed by atoms with Crippen LogP contribution in [0.3, 0.4) is 0 Å². The minimum atomic E-state index is -0.734. The SMILES string of the molecule is CCC(=O)C1=C(O)C(=O)N(c2ccc(OC(C)C)cc2)C1c1cccc(OC)c1. The van der Waals surface area contributed by atoms with Crippen molar-refractivity contribution in [1.29, 1.82) is 0 Å².